The average Bonchev–Trinajstić information content (AvgIpc) is 2.43. The summed E-state index contributed by atoms with van der Waals surface area (Å²) in [6.07, 6.45) is 3.48. The van der Waals surface area contributed by atoms with Gasteiger partial charge in [0, 0.05) is 13.6 Å². The number of ether oxygens (including phenoxy) is 1. The van der Waals surface area contributed by atoms with Crippen LogP contribution in [0, 0.1) is 0 Å². The van der Waals surface area contributed by atoms with Gasteiger partial charge in [0.05, 0.1) is 11.9 Å². The van der Waals surface area contributed by atoms with Gasteiger partial charge in [0.25, 0.3) is 0 Å². The zero-order valence-corrected chi connectivity index (χ0v) is 13.3. The SMILES string of the molecule is CCCCCOc1cccc(CN(C)C(=O)CBr)c1. The van der Waals surface area contributed by atoms with Crippen LogP contribution in [0.1, 0.15) is 31.7 Å². The molecule has 4 heteroatoms. The van der Waals surface area contributed by atoms with Crippen molar-refractivity contribution in [1.29, 1.82) is 0 Å². The lowest BCUT2D eigenvalue weighted by Gasteiger charge is -2.16. The van der Waals surface area contributed by atoms with Crippen molar-refractivity contribution in [1.82, 2.24) is 4.90 Å². The third kappa shape index (κ3) is 6.10. The van der Waals surface area contributed by atoms with E-state index in [1.54, 1.807) is 11.9 Å². The van der Waals surface area contributed by atoms with Crippen molar-refractivity contribution < 1.29 is 9.53 Å². The molecule has 0 saturated carbocycles. The smallest absolute Gasteiger partial charge is 0.233 e. The highest BCUT2D eigenvalue weighted by Gasteiger charge is 2.07. The zero-order chi connectivity index (χ0) is 14.1. The Kier molecular flexibility index (Phi) is 7.56. The van der Waals surface area contributed by atoms with Gasteiger partial charge in [0.15, 0.2) is 0 Å². The van der Waals surface area contributed by atoms with E-state index in [0.29, 0.717) is 11.9 Å². The molecule has 0 saturated heterocycles. The second-order valence-corrected chi connectivity index (χ2v) is 5.15. The summed E-state index contributed by atoms with van der Waals surface area (Å²) in [6, 6.07) is 7.94. The molecule has 0 aliphatic heterocycles. The first-order chi connectivity index (χ1) is 9.17. The van der Waals surface area contributed by atoms with E-state index < -0.39 is 0 Å². The van der Waals surface area contributed by atoms with Crippen LogP contribution in [0.25, 0.3) is 0 Å². The van der Waals surface area contributed by atoms with E-state index in [1.165, 1.54) is 12.8 Å². The maximum atomic E-state index is 11.5. The summed E-state index contributed by atoms with van der Waals surface area (Å²) in [6.45, 7) is 3.54. The fraction of sp³-hybridized carbons (Fsp3) is 0.533. The average molecular weight is 328 g/mol. The molecule has 0 spiro atoms. The Morgan fingerprint density at radius 3 is 2.84 bits per heavy atom. The molecule has 0 N–H and O–H groups in total. The molecule has 0 atom stereocenters. The molecule has 0 unspecified atom stereocenters. The topological polar surface area (TPSA) is 29.5 Å². The van der Waals surface area contributed by atoms with Gasteiger partial charge in [-0.15, -0.1) is 0 Å². The van der Waals surface area contributed by atoms with Gasteiger partial charge >= 0.3 is 0 Å². The second kappa shape index (κ2) is 8.97. The van der Waals surface area contributed by atoms with Crippen LogP contribution in [-0.2, 0) is 11.3 Å². The number of nitrogens with zero attached hydrogens (tertiary/aromatic N) is 1. The minimum atomic E-state index is 0.0780. The first-order valence-corrected chi connectivity index (χ1v) is 7.81. The summed E-state index contributed by atoms with van der Waals surface area (Å²) in [5, 5.41) is 0.358. The largest absolute Gasteiger partial charge is 0.494 e. The maximum Gasteiger partial charge on any atom is 0.233 e. The minimum Gasteiger partial charge on any atom is -0.494 e. The Hall–Kier alpha value is -1.03. The number of unbranched alkanes of at least 4 members (excludes halogenated alkanes) is 2. The molecule has 1 aromatic carbocycles. The number of halogens is 1. The van der Waals surface area contributed by atoms with E-state index in [4.69, 9.17) is 4.74 Å². The van der Waals surface area contributed by atoms with E-state index in [1.807, 2.05) is 24.3 Å². The molecule has 0 bridgehead atoms. The van der Waals surface area contributed by atoms with Crippen LogP contribution in [0.4, 0.5) is 0 Å². The predicted molar refractivity (Wildman–Crippen MR) is 81.7 cm³/mol. The molecule has 1 aromatic rings. The molecular weight excluding hydrogens is 306 g/mol. The number of hydrogen-bond donors (Lipinski definition) is 0. The van der Waals surface area contributed by atoms with Gasteiger partial charge in [-0.1, -0.05) is 47.8 Å². The van der Waals surface area contributed by atoms with Gasteiger partial charge < -0.3 is 9.64 Å². The molecule has 0 aromatic heterocycles. The number of carbonyl (C=O) groups is 1. The normalized spacial score (nSPS) is 10.3. The Balaban J connectivity index is 2.49. The maximum absolute atomic E-state index is 11.5. The van der Waals surface area contributed by atoms with Crippen molar-refractivity contribution in [2.45, 2.75) is 32.7 Å². The lowest BCUT2D eigenvalue weighted by molar-refractivity contribution is -0.127. The van der Waals surface area contributed by atoms with Crippen LogP contribution >= 0.6 is 15.9 Å². The number of carbonyl (C=O) groups excluding carboxylic acids is 1. The van der Waals surface area contributed by atoms with Crippen molar-refractivity contribution in [3.05, 3.63) is 29.8 Å². The summed E-state index contributed by atoms with van der Waals surface area (Å²) in [4.78, 5) is 13.2. The van der Waals surface area contributed by atoms with Crippen LogP contribution in [-0.4, -0.2) is 29.8 Å². The number of hydrogen-bond acceptors (Lipinski definition) is 2. The van der Waals surface area contributed by atoms with Gasteiger partial charge in [-0.3, -0.25) is 4.79 Å². The molecule has 0 aliphatic carbocycles. The molecule has 0 radical (unpaired) electrons. The Morgan fingerprint density at radius 1 is 1.37 bits per heavy atom. The van der Waals surface area contributed by atoms with Crippen molar-refractivity contribution >= 4 is 21.8 Å². The molecule has 1 amide bonds. The molecule has 19 heavy (non-hydrogen) atoms. The van der Waals surface area contributed by atoms with Crippen LogP contribution < -0.4 is 4.74 Å². The summed E-state index contributed by atoms with van der Waals surface area (Å²) in [7, 11) is 1.80. The van der Waals surface area contributed by atoms with E-state index in [0.717, 1.165) is 24.3 Å². The molecule has 3 nitrogen and oxygen atoms in total. The van der Waals surface area contributed by atoms with Crippen molar-refractivity contribution in [2.24, 2.45) is 0 Å². The second-order valence-electron chi connectivity index (χ2n) is 4.59. The van der Waals surface area contributed by atoms with Crippen LogP contribution in [0.3, 0.4) is 0 Å². The van der Waals surface area contributed by atoms with Crippen LogP contribution in [0.5, 0.6) is 5.75 Å². The number of amides is 1. The molecule has 1 rings (SSSR count). The Labute approximate surface area is 124 Å². The number of benzene rings is 1. The molecule has 0 heterocycles. The first-order valence-electron chi connectivity index (χ1n) is 6.69. The molecule has 0 aliphatic rings. The lowest BCUT2D eigenvalue weighted by atomic mass is 10.2. The van der Waals surface area contributed by atoms with Gasteiger partial charge in [0.2, 0.25) is 5.91 Å². The van der Waals surface area contributed by atoms with E-state index in [-0.39, 0.29) is 5.91 Å². The quantitative estimate of drug-likeness (QED) is 0.539. The van der Waals surface area contributed by atoms with Gasteiger partial charge in [-0.2, -0.15) is 0 Å². The summed E-state index contributed by atoms with van der Waals surface area (Å²) in [5.41, 5.74) is 1.09. The van der Waals surface area contributed by atoms with Gasteiger partial charge in [-0.25, -0.2) is 0 Å². The zero-order valence-electron chi connectivity index (χ0n) is 11.7. The minimum absolute atomic E-state index is 0.0780. The number of alkyl halides is 1. The van der Waals surface area contributed by atoms with Crippen molar-refractivity contribution in [3.63, 3.8) is 0 Å². The van der Waals surface area contributed by atoms with Crippen molar-refractivity contribution in [3.8, 4) is 5.75 Å². The standard InChI is InChI=1S/C15H22BrNO2/c1-3-4-5-9-19-14-8-6-7-13(10-14)12-17(2)15(18)11-16/h6-8,10H,3-5,9,11-12H2,1-2H3. The van der Waals surface area contributed by atoms with Gasteiger partial charge in [0.1, 0.15) is 5.75 Å². The Morgan fingerprint density at radius 2 is 2.16 bits per heavy atom. The van der Waals surface area contributed by atoms with E-state index >= 15 is 0 Å². The number of rotatable bonds is 8. The van der Waals surface area contributed by atoms with Crippen LogP contribution in [0.2, 0.25) is 0 Å². The summed E-state index contributed by atoms with van der Waals surface area (Å²) < 4.78 is 5.70. The highest BCUT2D eigenvalue weighted by molar-refractivity contribution is 9.09. The first kappa shape index (κ1) is 16.0. The highest BCUT2D eigenvalue weighted by atomic mass is 79.9. The van der Waals surface area contributed by atoms with E-state index in [2.05, 4.69) is 22.9 Å². The Bertz CT molecular complexity index is 395. The monoisotopic (exact) mass is 327 g/mol. The highest BCUT2D eigenvalue weighted by Crippen LogP contribution is 2.15. The molecule has 106 valence electrons. The van der Waals surface area contributed by atoms with Crippen LogP contribution in [0.15, 0.2) is 24.3 Å². The van der Waals surface area contributed by atoms with E-state index in [9.17, 15) is 4.79 Å². The molecule has 0 fully saturated rings. The lowest BCUT2D eigenvalue weighted by Crippen LogP contribution is -2.26. The molecular formula is C15H22BrNO2. The fourth-order valence-corrected chi connectivity index (χ4v) is 2.17. The third-order valence-corrected chi connectivity index (χ3v) is 3.35. The summed E-state index contributed by atoms with van der Waals surface area (Å²) in [5.74, 6) is 0.961. The fourth-order valence-electron chi connectivity index (χ4n) is 1.74. The summed E-state index contributed by atoms with van der Waals surface area (Å²) >= 11 is 3.18. The third-order valence-electron chi connectivity index (χ3n) is 2.87. The van der Waals surface area contributed by atoms with Gasteiger partial charge in [-0.05, 0) is 24.1 Å². The predicted octanol–water partition coefficient (Wildman–Crippen LogP) is 3.61. The van der Waals surface area contributed by atoms with Crippen molar-refractivity contribution in [2.75, 3.05) is 19.0 Å².